The van der Waals surface area contributed by atoms with Crippen LogP contribution in [0, 0.1) is 0 Å². The first-order valence-electron chi connectivity index (χ1n) is 6.02. The van der Waals surface area contributed by atoms with Gasteiger partial charge in [-0.3, -0.25) is 0 Å². The first-order chi connectivity index (χ1) is 8.65. The van der Waals surface area contributed by atoms with E-state index in [2.05, 4.69) is 10.6 Å². The molecular weight excluding hydrogens is 230 g/mol. The number of hydrogen-bond donors (Lipinski definition) is 2. The Kier molecular flexibility index (Phi) is 5.70. The largest absolute Gasteiger partial charge is 0.338 e. The zero-order chi connectivity index (χ0) is 13.4. The molecule has 0 aliphatic rings. The van der Waals surface area contributed by atoms with Gasteiger partial charge >= 0.3 is 12.1 Å². The lowest BCUT2D eigenvalue weighted by Crippen LogP contribution is -2.43. The summed E-state index contributed by atoms with van der Waals surface area (Å²) < 4.78 is 0. The van der Waals surface area contributed by atoms with Crippen LogP contribution in [-0.4, -0.2) is 30.6 Å². The number of para-hydroxylation sites is 1. The number of imide groups is 1. The van der Waals surface area contributed by atoms with Crippen LogP contribution in [-0.2, 0) is 0 Å². The number of nitrogens with zero attached hydrogens (tertiary/aromatic N) is 1. The van der Waals surface area contributed by atoms with E-state index in [4.69, 9.17) is 0 Å². The van der Waals surface area contributed by atoms with Crippen molar-refractivity contribution in [2.45, 2.75) is 19.8 Å². The summed E-state index contributed by atoms with van der Waals surface area (Å²) in [5.74, 6) is 0. The van der Waals surface area contributed by atoms with E-state index in [1.807, 2.05) is 25.1 Å². The maximum absolute atomic E-state index is 11.7. The lowest BCUT2D eigenvalue weighted by Gasteiger charge is -2.16. The molecule has 0 aliphatic heterocycles. The van der Waals surface area contributed by atoms with E-state index < -0.39 is 12.1 Å². The minimum absolute atomic E-state index is 0.392. The molecule has 0 atom stereocenters. The molecule has 18 heavy (non-hydrogen) atoms. The van der Waals surface area contributed by atoms with Crippen molar-refractivity contribution in [3.8, 4) is 0 Å². The Morgan fingerprint density at radius 2 is 1.83 bits per heavy atom. The molecule has 0 bridgehead atoms. The van der Waals surface area contributed by atoms with E-state index in [1.165, 1.54) is 7.05 Å². The predicted molar refractivity (Wildman–Crippen MR) is 71.5 cm³/mol. The molecule has 0 spiro atoms. The summed E-state index contributed by atoms with van der Waals surface area (Å²) in [6.45, 7) is 2.62. The molecule has 5 nitrogen and oxygen atoms in total. The van der Waals surface area contributed by atoms with Crippen molar-refractivity contribution in [3.63, 3.8) is 0 Å². The average Bonchev–Trinajstić information content (AvgIpc) is 2.39. The topological polar surface area (TPSA) is 61.4 Å². The highest BCUT2D eigenvalue weighted by atomic mass is 16.2. The number of anilines is 1. The second-order valence-corrected chi connectivity index (χ2v) is 3.94. The van der Waals surface area contributed by atoms with Gasteiger partial charge < -0.3 is 10.6 Å². The molecule has 0 heterocycles. The Balaban J connectivity index is 2.43. The van der Waals surface area contributed by atoms with Gasteiger partial charge in [0.15, 0.2) is 0 Å². The van der Waals surface area contributed by atoms with Crippen LogP contribution in [0.5, 0.6) is 0 Å². The van der Waals surface area contributed by atoms with Crippen molar-refractivity contribution < 1.29 is 9.59 Å². The number of amides is 4. The van der Waals surface area contributed by atoms with Gasteiger partial charge in [0.2, 0.25) is 0 Å². The molecule has 0 unspecified atom stereocenters. The monoisotopic (exact) mass is 249 g/mol. The van der Waals surface area contributed by atoms with E-state index in [-0.39, 0.29) is 0 Å². The molecule has 0 radical (unpaired) electrons. The van der Waals surface area contributed by atoms with Crippen LogP contribution in [0.2, 0.25) is 0 Å². The number of urea groups is 2. The lowest BCUT2D eigenvalue weighted by molar-refractivity contribution is 0.202. The van der Waals surface area contributed by atoms with Crippen molar-refractivity contribution >= 4 is 17.7 Å². The Morgan fingerprint density at radius 1 is 1.17 bits per heavy atom. The normalized spacial score (nSPS) is 9.67. The summed E-state index contributed by atoms with van der Waals surface area (Å²) in [7, 11) is 1.44. The zero-order valence-corrected chi connectivity index (χ0v) is 10.8. The summed E-state index contributed by atoms with van der Waals surface area (Å²) in [5.41, 5.74) is 0.663. The minimum atomic E-state index is -0.449. The van der Waals surface area contributed by atoms with E-state index in [0.717, 1.165) is 17.7 Å². The number of unbranched alkanes of at least 4 members (excludes halogenated alkanes) is 1. The molecule has 0 aliphatic carbocycles. The van der Waals surface area contributed by atoms with Crippen molar-refractivity contribution in [2.24, 2.45) is 0 Å². The van der Waals surface area contributed by atoms with Crippen molar-refractivity contribution in [3.05, 3.63) is 30.3 Å². The fourth-order valence-electron chi connectivity index (χ4n) is 1.31. The summed E-state index contributed by atoms with van der Waals surface area (Å²) in [6, 6.07) is 8.18. The maximum atomic E-state index is 11.7. The Bertz CT molecular complexity index is 392. The maximum Gasteiger partial charge on any atom is 0.329 e. The number of rotatable bonds is 4. The van der Waals surface area contributed by atoms with Crippen LogP contribution >= 0.6 is 0 Å². The Morgan fingerprint density at radius 3 is 2.44 bits per heavy atom. The van der Waals surface area contributed by atoms with Gasteiger partial charge in [-0.25, -0.2) is 14.5 Å². The van der Waals surface area contributed by atoms with Crippen molar-refractivity contribution in [1.29, 1.82) is 0 Å². The van der Waals surface area contributed by atoms with Gasteiger partial charge in [0.1, 0.15) is 0 Å². The molecule has 5 heteroatoms. The van der Waals surface area contributed by atoms with E-state index in [0.29, 0.717) is 12.2 Å². The third-order valence-corrected chi connectivity index (χ3v) is 2.44. The lowest BCUT2D eigenvalue weighted by atomic mass is 10.3. The van der Waals surface area contributed by atoms with Gasteiger partial charge in [-0.2, -0.15) is 0 Å². The molecule has 98 valence electrons. The Labute approximate surface area is 107 Å². The van der Waals surface area contributed by atoms with Crippen LogP contribution < -0.4 is 10.6 Å². The summed E-state index contributed by atoms with van der Waals surface area (Å²) in [4.78, 5) is 24.4. The van der Waals surface area contributed by atoms with Gasteiger partial charge in [-0.05, 0) is 18.6 Å². The van der Waals surface area contributed by atoms with Crippen LogP contribution in [0.3, 0.4) is 0 Å². The Hall–Kier alpha value is -2.04. The number of carbonyl (C=O) groups is 2. The third kappa shape index (κ3) is 4.45. The van der Waals surface area contributed by atoms with Crippen LogP contribution in [0.15, 0.2) is 30.3 Å². The molecule has 0 aromatic heterocycles. The smallest absolute Gasteiger partial charge is 0.329 e. The van der Waals surface area contributed by atoms with Gasteiger partial charge in [0.25, 0.3) is 0 Å². The third-order valence-electron chi connectivity index (χ3n) is 2.44. The molecule has 1 rings (SSSR count). The second kappa shape index (κ2) is 7.32. The van der Waals surface area contributed by atoms with E-state index in [1.54, 1.807) is 12.1 Å². The first-order valence-corrected chi connectivity index (χ1v) is 6.02. The van der Waals surface area contributed by atoms with Crippen molar-refractivity contribution in [2.75, 3.05) is 18.9 Å². The highest BCUT2D eigenvalue weighted by Crippen LogP contribution is 2.05. The summed E-state index contributed by atoms with van der Waals surface area (Å²) >= 11 is 0. The van der Waals surface area contributed by atoms with Gasteiger partial charge in [-0.1, -0.05) is 31.5 Å². The van der Waals surface area contributed by atoms with Gasteiger partial charge in [0, 0.05) is 19.3 Å². The highest BCUT2D eigenvalue weighted by Gasteiger charge is 2.15. The fraction of sp³-hybridized carbons (Fsp3) is 0.385. The zero-order valence-electron chi connectivity index (χ0n) is 10.8. The van der Waals surface area contributed by atoms with Crippen molar-refractivity contribution in [1.82, 2.24) is 10.2 Å². The molecule has 4 amide bonds. The van der Waals surface area contributed by atoms with Gasteiger partial charge in [0.05, 0.1) is 0 Å². The van der Waals surface area contributed by atoms with E-state index >= 15 is 0 Å². The van der Waals surface area contributed by atoms with E-state index in [9.17, 15) is 9.59 Å². The average molecular weight is 249 g/mol. The molecule has 0 fully saturated rings. The molecule has 1 aromatic rings. The van der Waals surface area contributed by atoms with Crippen LogP contribution in [0.4, 0.5) is 15.3 Å². The highest BCUT2D eigenvalue weighted by molar-refractivity contribution is 6.00. The fourth-order valence-corrected chi connectivity index (χ4v) is 1.31. The predicted octanol–water partition coefficient (Wildman–Crippen LogP) is 2.66. The number of hydrogen-bond acceptors (Lipinski definition) is 2. The number of carbonyl (C=O) groups excluding carboxylic acids is 2. The summed E-state index contributed by atoms with van der Waals surface area (Å²) in [5, 5.41) is 5.32. The number of benzene rings is 1. The quantitative estimate of drug-likeness (QED) is 0.806. The van der Waals surface area contributed by atoms with Gasteiger partial charge in [-0.15, -0.1) is 0 Å². The van der Waals surface area contributed by atoms with Crippen LogP contribution in [0.1, 0.15) is 19.8 Å². The second-order valence-electron chi connectivity index (χ2n) is 3.94. The summed E-state index contributed by atoms with van der Waals surface area (Å²) in [6.07, 6.45) is 1.90. The van der Waals surface area contributed by atoms with Crippen LogP contribution in [0.25, 0.3) is 0 Å². The molecule has 1 aromatic carbocycles. The SMILES string of the molecule is CCCCNC(=O)N(C)C(=O)Nc1ccccc1. The molecule has 2 N–H and O–H groups in total. The standard InChI is InChI=1S/C13H19N3O2/c1-3-4-10-14-12(17)16(2)13(18)15-11-8-6-5-7-9-11/h5-9H,3-4,10H2,1-2H3,(H,14,17)(H,15,18). The molecular formula is C13H19N3O2. The molecule has 0 saturated heterocycles. The number of nitrogens with one attached hydrogen (secondary N) is 2. The first kappa shape index (κ1) is 14.0. The minimum Gasteiger partial charge on any atom is -0.338 e. The molecule has 0 saturated carbocycles.